The van der Waals surface area contributed by atoms with Gasteiger partial charge in [0.05, 0.1) is 11.7 Å². The lowest BCUT2D eigenvalue weighted by atomic mass is 10.0. The second-order valence-electron chi connectivity index (χ2n) is 5.51. The van der Waals surface area contributed by atoms with Crippen LogP contribution >= 0.6 is 0 Å². The number of hydrogen-bond acceptors (Lipinski definition) is 3. The summed E-state index contributed by atoms with van der Waals surface area (Å²) in [7, 11) is 0. The molecule has 5 heteroatoms. The van der Waals surface area contributed by atoms with E-state index in [9.17, 15) is 9.90 Å². The van der Waals surface area contributed by atoms with E-state index >= 15 is 0 Å². The largest absolute Gasteiger partial charge is 0.389 e. The van der Waals surface area contributed by atoms with Crippen molar-refractivity contribution in [3.8, 4) is 0 Å². The molecule has 1 fully saturated rings. The first-order valence-corrected chi connectivity index (χ1v) is 6.95. The second-order valence-corrected chi connectivity index (χ2v) is 5.51. The van der Waals surface area contributed by atoms with Gasteiger partial charge in [-0.05, 0) is 44.4 Å². The van der Waals surface area contributed by atoms with Gasteiger partial charge in [0.25, 0.3) is 0 Å². The van der Waals surface area contributed by atoms with E-state index < -0.39 is 6.10 Å². The highest BCUT2D eigenvalue weighted by Gasteiger charge is 2.29. The minimum absolute atomic E-state index is 0.243. The van der Waals surface area contributed by atoms with Gasteiger partial charge in [-0.15, -0.1) is 0 Å². The van der Waals surface area contributed by atoms with Crippen LogP contribution in [0, 0.1) is 0 Å². The van der Waals surface area contributed by atoms with Crippen LogP contribution in [0.2, 0.25) is 0 Å². The Morgan fingerprint density at radius 3 is 2.70 bits per heavy atom. The van der Waals surface area contributed by atoms with Crippen LogP contribution in [-0.2, 0) is 4.74 Å². The molecule has 0 bridgehead atoms. The van der Waals surface area contributed by atoms with Gasteiger partial charge >= 0.3 is 6.03 Å². The molecule has 1 aromatic carbocycles. The van der Waals surface area contributed by atoms with Crippen molar-refractivity contribution in [3.63, 3.8) is 0 Å². The number of benzene rings is 1. The predicted octanol–water partition coefficient (Wildman–Crippen LogP) is 2.43. The van der Waals surface area contributed by atoms with Gasteiger partial charge in [0.2, 0.25) is 0 Å². The number of aliphatic hydroxyl groups excluding tert-OH is 1. The summed E-state index contributed by atoms with van der Waals surface area (Å²) in [6.07, 6.45) is 1.51. The Balaban J connectivity index is 1.82. The van der Waals surface area contributed by atoms with Gasteiger partial charge in [-0.2, -0.15) is 0 Å². The molecule has 2 rings (SSSR count). The molecule has 1 aliphatic rings. The number of carbonyl (C=O) groups is 1. The van der Waals surface area contributed by atoms with Gasteiger partial charge in [-0.1, -0.05) is 12.1 Å². The van der Waals surface area contributed by atoms with Gasteiger partial charge in [-0.3, -0.25) is 0 Å². The number of amides is 2. The number of carbonyl (C=O) groups excluding carboxylic acids is 1. The smallest absolute Gasteiger partial charge is 0.319 e. The van der Waals surface area contributed by atoms with Crippen LogP contribution in [0.4, 0.5) is 10.5 Å². The summed E-state index contributed by atoms with van der Waals surface area (Å²) < 4.78 is 5.61. The van der Waals surface area contributed by atoms with E-state index in [4.69, 9.17) is 4.74 Å². The van der Waals surface area contributed by atoms with Crippen LogP contribution in [0.15, 0.2) is 24.3 Å². The SMILES string of the molecule is CC(O)c1ccc(NC(=O)NCC2(C)CCCO2)cc1. The molecular weight excluding hydrogens is 256 g/mol. The topological polar surface area (TPSA) is 70.6 Å². The highest BCUT2D eigenvalue weighted by Crippen LogP contribution is 2.23. The molecule has 0 spiro atoms. The van der Waals surface area contributed by atoms with Crippen molar-refractivity contribution in [2.75, 3.05) is 18.5 Å². The van der Waals surface area contributed by atoms with Crippen LogP contribution in [-0.4, -0.2) is 29.9 Å². The van der Waals surface area contributed by atoms with E-state index in [1.54, 1.807) is 31.2 Å². The van der Waals surface area contributed by atoms with Gasteiger partial charge in [0.1, 0.15) is 0 Å². The molecule has 2 unspecified atom stereocenters. The Bertz CT molecular complexity index is 451. The zero-order valence-corrected chi connectivity index (χ0v) is 12.0. The maximum absolute atomic E-state index is 11.8. The summed E-state index contributed by atoms with van der Waals surface area (Å²) in [4.78, 5) is 11.8. The van der Waals surface area contributed by atoms with Gasteiger partial charge in [0, 0.05) is 18.8 Å². The molecule has 2 amide bonds. The quantitative estimate of drug-likeness (QED) is 0.792. The van der Waals surface area contributed by atoms with Crippen molar-refractivity contribution >= 4 is 11.7 Å². The number of nitrogens with one attached hydrogen (secondary N) is 2. The molecule has 0 aliphatic carbocycles. The number of anilines is 1. The molecule has 0 aromatic heterocycles. The molecule has 2 atom stereocenters. The molecule has 1 heterocycles. The Kier molecular flexibility index (Phi) is 4.62. The summed E-state index contributed by atoms with van der Waals surface area (Å²) in [6.45, 7) is 4.99. The summed E-state index contributed by atoms with van der Waals surface area (Å²) >= 11 is 0. The molecular formula is C15H22N2O3. The first kappa shape index (κ1) is 14.8. The zero-order valence-electron chi connectivity index (χ0n) is 12.0. The van der Waals surface area contributed by atoms with Crippen LogP contribution in [0.5, 0.6) is 0 Å². The van der Waals surface area contributed by atoms with Crippen molar-refractivity contribution in [1.29, 1.82) is 0 Å². The van der Waals surface area contributed by atoms with Crippen LogP contribution in [0.1, 0.15) is 38.4 Å². The summed E-state index contributed by atoms with van der Waals surface area (Å²) in [5.74, 6) is 0. The molecule has 1 aliphatic heterocycles. The fourth-order valence-electron chi connectivity index (χ4n) is 2.26. The maximum atomic E-state index is 11.8. The van der Waals surface area contributed by atoms with Crippen molar-refractivity contribution < 1.29 is 14.6 Å². The summed E-state index contributed by atoms with van der Waals surface area (Å²) in [5, 5.41) is 15.0. The monoisotopic (exact) mass is 278 g/mol. The fourth-order valence-corrected chi connectivity index (χ4v) is 2.26. The first-order chi connectivity index (χ1) is 9.48. The van der Waals surface area contributed by atoms with E-state index in [1.165, 1.54) is 0 Å². The van der Waals surface area contributed by atoms with Crippen molar-refractivity contribution in [2.24, 2.45) is 0 Å². The standard InChI is InChI=1S/C15H22N2O3/c1-11(18)12-4-6-13(7-5-12)17-14(19)16-10-15(2)8-3-9-20-15/h4-7,11,18H,3,8-10H2,1-2H3,(H2,16,17,19). The van der Waals surface area contributed by atoms with Crippen LogP contribution in [0.25, 0.3) is 0 Å². The molecule has 110 valence electrons. The first-order valence-electron chi connectivity index (χ1n) is 6.95. The Hall–Kier alpha value is -1.59. The highest BCUT2D eigenvalue weighted by molar-refractivity contribution is 5.89. The predicted molar refractivity (Wildman–Crippen MR) is 77.7 cm³/mol. The van der Waals surface area contributed by atoms with Gasteiger partial charge in [-0.25, -0.2) is 4.79 Å². The average molecular weight is 278 g/mol. The number of aliphatic hydroxyl groups is 1. The fraction of sp³-hybridized carbons (Fsp3) is 0.533. The highest BCUT2D eigenvalue weighted by atomic mass is 16.5. The average Bonchev–Trinajstić information content (AvgIpc) is 2.85. The number of rotatable bonds is 4. The van der Waals surface area contributed by atoms with E-state index in [0.29, 0.717) is 12.2 Å². The normalized spacial score (nSPS) is 23.4. The van der Waals surface area contributed by atoms with Gasteiger partial charge in [0.15, 0.2) is 0 Å². The number of hydrogen-bond donors (Lipinski definition) is 3. The molecule has 0 saturated carbocycles. The molecule has 3 N–H and O–H groups in total. The van der Waals surface area contributed by atoms with Crippen molar-refractivity contribution in [3.05, 3.63) is 29.8 Å². The molecule has 1 aromatic rings. The molecule has 0 radical (unpaired) electrons. The molecule has 5 nitrogen and oxygen atoms in total. The van der Waals surface area contributed by atoms with Crippen LogP contribution < -0.4 is 10.6 Å². The zero-order chi connectivity index (χ0) is 14.6. The third-order valence-electron chi connectivity index (χ3n) is 3.57. The lowest BCUT2D eigenvalue weighted by Gasteiger charge is -2.23. The van der Waals surface area contributed by atoms with Gasteiger partial charge < -0.3 is 20.5 Å². The Morgan fingerprint density at radius 2 is 2.15 bits per heavy atom. The summed E-state index contributed by atoms with van der Waals surface area (Å²) in [6, 6.07) is 6.89. The lowest BCUT2D eigenvalue weighted by Crippen LogP contribution is -2.41. The summed E-state index contributed by atoms with van der Waals surface area (Å²) in [5.41, 5.74) is 1.28. The van der Waals surface area contributed by atoms with Crippen molar-refractivity contribution in [2.45, 2.75) is 38.4 Å². The van der Waals surface area contributed by atoms with Crippen molar-refractivity contribution in [1.82, 2.24) is 5.32 Å². The minimum Gasteiger partial charge on any atom is -0.389 e. The number of urea groups is 1. The van der Waals surface area contributed by atoms with Crippen LogP contribution in [0.3, 0.4) is 0 Å². The lowest BCUT2D eigenvalue weighted by molar-refractivity contribution is 0.0232. The van der Waals surface area contributed by atoms with E-state index in [2.05, 4.69) is 10.6 Å². The number of ether oxygens (including phenoxy) is 1. The maximum Gasteiger partial charge on any atom is 0.319 e. The van der Waals surface area contributed by atoms with E-state index in [0.717, 1.165) is 25.0 Å². The Morgan fingerprint density at radius 1 is 1.45 bits per heavy atom. The molecule has 20 heavy (non-hydrogen) atoms. The third-order valence-corrected chi connectivity index (χ3v) is 3.57. The van der Waals surface area contributed by atoms with E-state index in [-0.39, 0.29) is 11.6 Å². The minimum atomic E-state index is -0.502. The second kappa shape index (κ2) is 6.24. The third kappa shape index (κ3) is 3.95. The molecule has 1 saturated heterocycles. The van der Waals surface area contributed by atoms with E-state index in [1.807, 2.05) is 6.92 Å². The Labute approximate surface area is 119 Å².